The number of nitrogens with one attached hydrogen (secondary N) is 1. The number of unbranched alkanes of at least 4 members (excludes halogenated alkanes) is 31. The molecule has 0 radical (unpaired) electrons. The van der Waals surface area contributed by atoms with Gasteiger partial charge in [-0.25, -0.2) is 0 Å². The summed E-state index contributed by atoms with van der Waals surface area (Å²) < 4.78 is 5.46. The third kappa shape index (κ3) is 43.7. The summed E-state index contributed by atoms with van der Waals surface area (Å²) in [5.74, 6) is -0.166. The summed E-state index contributed by atoms with van der Waals surface area (Å²) in [6.45, 7) is 4.82. The number of aliphatic hydroxyl groups is 2. The SMILES string of the molecule is CCCCCCCCCCC/C=C/C(O)C(CO)NC(=O)CC/C=C\C/C=C\CCCCCCCCOC(=O)CCCCCCCCCCCCCCCCCCC. The molecule has 0 fully saturated rings. The minimum absolute atomic E-state index is 0.0155. The zero-order chi connectivity index (χ0) is 42.3. The molecule has 0 aliphatic rings. The Hall–Kier alpha value is -1.92. The molecule has 0 rings (SSSR count). The van der Waals surface area contributed by atoms with E-state index >= 15 is 0 Å². The summed E-state index contributed by atoms with van der Waals surface area (Å²) in [7, 11) is 0. The fraction of sp³-hybridized carbons (Fsp3) is 0.846. The van der Waals surface area contributed by atoms with Crippen LogP contribution in [0.5, 0.6) is 0 Å². The van der Waals surface area contributed by atoms with E-state index in [4.69, 9.17) is 4.74 Å². The Balaban J connectivity index is 3.54. The van der Waals surface area contributed by atoms with Crippen LogP contribution < -0.4 is 5.32 Å². The minimum Gasteiger partial charge on any atom is -0.466 e. The molecule has 58 heavy (non-hydrogen) atoms. The van der Waals surface area contributed by atoms with Gasteiger partial charge in [0.1, 0.15) is 0 Å². The van der Waals surface area contributed by atoms with Gasteiger partial charge in [-0.15, -0.1) is 0 Å². The summed E-state index contributed by atoms with van der Waals surface area (Å²) in [5.41, 5.74) is 0. The second-order valence-corrected chi connectivity index (χ2v) is 17.1. The molecule has 0 aromatic heterocycles. The van der Waals surface area contributed by atoms with Crippen LogP contribution in [0.3, 0.4) is 0 Å². The molecule has 0 aliphatic carbocycles. The molecule has 0 spiro atoms. The lowest BCUT2D eigenvalue weighted by Gasteiger charge is -2.19. The molecule has 0 aliphatic heterocycles. The highest BCUT2D eigenvalue weighted by molar-refractivity contribution is 5.76. The molecule has 0 aromatic carbocycles. The summed E-state index contributed by atoms with van der Waals surface area (Å²) in [4.78, 5) is 24.4. The molecule has 2 unspecified atom stereocenters. The van der Waals surface area contributed by atoms with Crippen LogP contribution in [0.25, 0.3) is 0 Å². The van der Waals surface area contributed by atoms with E-state index in [9.17, 15) is 19.8 Å². The van der Waals surface area contributed by atoms with Crippen molar-refractivity contribution in [3.8, 4) is 0 Å². The molecule has 0 heterocycles. The Bertz CT molecular complexity index is 946. The quantitative estimate of drug-likeness (QED) is 0.0323. The molecule has 0 saturated carbocycles. The van der Waals surface area contributed by atoms with Crippen molar-refractivity contribution in [1.82, 2.24) is 5.32 Å². The van der Waals surface area contributed by atoms with Gasteiger partial charge in [-0.1, -0.05) is 230 Å². The molecule has 6 nitrogen and oxygen atoms in total. The monoisotopic (exact) mass is 816 g/mol. The Labute approximate surface area is 360 Å². The van der Waals surface area contributed by atoms with Crippen LogP contribution in [0.4, 0.5) is 0 Å². The van der Waals surface area contributed by atoms with Gasteiger partial charge in [0.25, 0.3) is 0 Å². The van der Waals surface area contributed by atoms with Gasteiger partial charge in [0, 0.05) is 12.8 Å². The predicted octanol–water partition coefficient (Wildman–Crippen LogP) is 14.9. The largest absolute Gasteiger partial charge is 0.466 e. The van der Waals surface area contributed by atoms with E-state index in [1.165, 1.54) is 173 Å². The number of hydrogen-bond acceptors (Lipinski definition) is 5. The summed E-state index contributed by atoms with van der Waals surface area (Å²) in [6, 6.07) is -0.670. The number of rotatable bonds is 46. The van der Waals surface area contributed by atoms with Crippen molar-refractivity contribution in [3.63, 3.8) is 0 Å². The molecule has 2 atom stereocenters. The first-order valence-corrected chi connectivity index (χ1v) is 25.3. The fourth-order valence-corrected chi connectivity index (χ4v) is 7.51. The van der Waals surface area contributed by atoms with Crippen LogP contribution in [-0.2, 0) is 14.3 Å². The summed E-state index contributed by atoms with van der Waals surface area (Å²) in [5, 5.41) is 22.9. The lowest BCUT2D eigenvalue weighted by molar-refractivity contribution is -0.143. The number of esters is 1. The number of hydrogen-bond donors (Lipinski definition) is 3. The van der Waals surface area contributed by atoms with Crippen molar-refractivity contribution in [1.29, 1.82) is 0 Å². The van der Waals surface area contributed by atoms with E-state index in [-0.39, 0.29) is 18.5 Å². The van der Waals surface area contributed by atoms with Crippen molar-refractivity contribution in [2.75, 3.05) is 13.2 Å². The fourth-order valence-electron chi connectivity index (χ4n) is 7.51. The van der Waals surface area contributed by atoms with Crippen molar-refractivity contribution in [2.24, 2.45) is 0 Å². The lowest BCUT2D eigenvalue weighted by atomic mass is 10.0. The second-order valence-electron chi connectivity index (χ2n) is 17.1. The first-order chi connectivity index (χ1) is 28.5. The van der Waals surface area contributed by atoms with Gasteiger partial charge in [0.05, 0.1) is 25.4 Å². The molecular formula is C52H97NO5. The molecule has 0 saturated heterocycles. The maximum Gasteiger partial charge on any atom is 0.305 e. The van der Waals surface area contributed by atoms with Crippen LogP contribution >= 0.6 is 0 Å². The lowest BCUT2D eigenvalue weighted by Crippen LogP contribution is -2.45. The van der Waals surface area contributed by atoms with Crippen LogP contribution in [0.1, 0.15) is 258 Å². The van der Waals surface area contributed by atoms with E-state index in [0.717, 1.165) is 51.4 Å². The zero-order valence-corrected chi connectivity index (χ0v) is 38.5. The van der Waals surface area contributed by atoms with Gasteiger partial charge in [-0.2, -0.15) is 0 Å². The van der Waals surface area contributed by atoms with E-state index < -0.39 is 12.1 Å². The zero-order valence-electron chi connectivity index (χ0n) is 38.5. The Morgan fingerprint density at radius 2 is 0.879 bits per heavy atom. The molecule has 0 aromatic rings. The molecule has 340 valence electrons. The van der Waals surface area contributed by atoms with E-state index in [2.05, 4.69) is 37.4 Å². The standard InChI is InChI=1S/C52H97NO5/c1-3-5-7-9-11-13-15-16-17-18-19-22-26-30-34-38-42-46-52(57)58-47-43-39-35-31-27-23-20-21-25-29-33-37-41-45-51(56)53-49(48-54)50(55)44-40-36-32-28-24-14-12-10-8-6-4-2/h21,25,33,37,40,44,49-50,54-55H,3-20,22-24,26-32,34-36,38-39,41-43,45-48H2,1-2H3,(H,53,56)/b25-21-,37-33-,44-40+. The maximum atomic E-state index is 12.3. The van der Waals surface area contributed by atoms with Gasteiger partial charge < -0.3 is 20.3 Å². The molecule has 0 bridgehead atoms. The first kappa shape index (κ1) is 56.1. The van der Waals surface area contributed by atoms with Crippen molar-refractivity contribution in [3.05, 3.63) is 36.5 Å². The normalized spacial score (nSPS) is 13.0. The summed E-state index contributed by atoms with van der Waals surface area (Å²) >= 11 is 0. The molecule has 3 N–H and O–H groups in total. The van der Waals surface area contributed by atoms with Gasteiger partial charge in [-0.05, 0) is 51.4 Å². The number of carbonyl (C=O) groups is 2. The van der Waals surface area contributed by atoms with Crippen LogP contribution in [0.15, 0.2) is 36.5 Å². The predicted molar refractivity (Wildman–Crippen MR) is 250 cm³/mol. The number of allylic oxidation sites excluding steroid dienone is 5. The summed E-state index contributed by atoms with van der Waals surface area (Å²) in [6.07, 6.45) is 57.3. The highest BCUT2D eigenvalue weighted by atomic mass is 16.5. The molecule has 1 amide bonds. The Kier molecular flexibility index (Phi) is 46.2. The van der Waals surface area contributed by atoms with Crippen molar-refractivity contribution < 1.29 is 24.5 Å². The van der Waals surface area contributed by atoms with E-state index in [0.29, 0.717) is 25.9 Å². The van der Waals surface area contributed by atoms with Gasteiger partial charge in [0.15, 0.2) is 0 Å². The molecule has 6 heteroatoms. The number of carbonyl (C=O) groups excluding carboxylic acids is 2. The Morgan fingerprint density at radius 1 is 0.483 bits per heavy atom. The highest BCUT2D eigenvalue weighted by Gasteiger charge is 2.17. The van der Waals surface area contributed by atoms with Gasteiger partial charge >= 0.3 is 5.97 Å². The van der Waals surface area contributed by atoms with Gasteiger partial charge in [0.2, 0.25) is 5.91 Å². The van der Waals surface area contributed by atoms with Crippen LogP contribution in [0, 0.1) is 0 Å². The number of ether oxygens (including phenoxy) is 1. The minimum atomic E-state index is -0.877. The van der Waals surface area contributed by atoms with E-state index in [1.807, 2.05) is 12.2 Å². The third-order valence-electron chi connectivity index (χ3n) is 11.4. The average Bonchev–Trinajstić information content (AvgIpc) is 3.22. The third-order valence-corrected chi connectivity index (χ3v) is 11.4. The Morgan fingerprint density at radius 3 is 1.34 bits per heavy atom. The number of amides is 1. The van der Waals surface area contributed by atoms with Crippen LogP contribution in [-0.4, -0.2) is 47.4 Å². The maximum absolute atomic E-state index is 12.3. The smallest absolute Gasteiger partial charge is 0.305 e. The first-order valence-electron chi connectivity index (χ1n) is 25.3. The van der Waals surface area contributed by atoms with Crippen LogP contribution in [0.2, 0.25) is 0 Å². The van der Waals surface area contributed by atoms with Gasteiger partial charge in [-0.3, -0.25) is 9.59 Å². The second kappa shape index (κ2) is 47.8. The van der Waals surface area contributed by atoms with Crippen molar-refractivity contribution in [2.45, 2.75) is 270 Å². The van der Waals surface area contributed by atoms with Crippen molar-refractivity contribution >= 4 is 11.9 Å². The molecular weight excluding hydrogens is 719 g/mol. The van der Waals surface area contributed by atoms with E-state index in [1.54, 1.807) is 6.08 Å². The highest BCUT2D eigenvalue weighted by Crippen LogP contribution is 2.15. The topological polar surface area (TPSA) is 95.9 Å². The number of aliphatic hydroxyl groups excluding tert-OH is 2. The average molecular weight is 816 g/mol.